The summed E-state index contributed by atoms with van der Waals surface area (Å²) in [4.78, 5) is 14.6. The van der Waals surface area contributed by atoms with Crippen LogP contribution in [0.1, 0.15) is 29.9 Å². The van der Waals surface area contributed by atoms with E-state index in [2.05, 4.69) is 17.3 Å². The van der Waals surface area contributed by atoms with E-state index in [1.165, 1.54) is 5.56 Å². The molecule has 0 saturated carbocycles. The Morgan fingerprint density at radius 2 is 2.18 bits per heavy atom. The van der Waals surface area contributed by atoms with Gasteiger partial charge in [0.15, 0.2) is 0 Å². The number of carbonyl (C=O) groups is 1. The molecule has 5 heteroatoms. The number of hydrogen-bond donors (Lipinski definition) is 0. The van der Waals surface area contributed by atoms with Crippen LogP contribution in [0.2, 0.25) is 0 Å². The van der Waals surface area contributed by atoms with Crippen LogP contribution in [0.25, 0.3) is 0 Å². The maximum absolute atomic E-state index is 12.6. The summed E-state index contributed by atoms with van der Waals surface area (Å²) in [5.41, 5.74) is 2.07. The van der Waals surface area contributed by atoms with E-state index >= 15 is 0 Å². The van der Waals surface area contributed by atoms with E-state index < -0.39 is 0 Å². The summed E-state index contributed by atoms with van der Waals surface area (Å²) in [7, 11) is 0. The highest BCUT2D eigenvalue weighted by Crippen LogP contribution is 2.27. The Morgan fingerprint density at radius 3 is 2.91 bits per heavy atom. The van der Waals surface area contributed by atoms with Crippen molar-refractivity contribution in [1.29, 1.82) is 0 Å². The van der Waals surface area contributed by atoms with Gasteiger partial charge >= 0.3 is 0 Å². The first-order valence-electron chi connectivity index (χ1n) is 7.59. The van der Waals surface area contributed by atoms with Gasteiger partial charge in [-0.2, -0.15) is 0 Å². The smallest absolute Gasteiger partial charge is 0.236 e. The zero-order chi connectivity index (χ0) is 15.4. The number of carbonyl (C=O) groups excluding carboxylic acids is 1. The fourth-order valence-electron chi connectivity index (χ4n) is 2.69. The van der Waals surface area contributed by atoms with E-state index in [4.69, 9.17) is 4.52 Å². The normalized spacial score (nSPS) is 18.7. The molecule has 2 aromatic rings. The monoisotopic (exact) mass is 316 g/mol. The number of thioether (sulfide) groups is 1. The van der Waals surface area contributed by atoms with Crippen molar-refractivity contribution >= 4 is 17.7 Å². The van der Waals surface area contributed by atoms with Crippen molar-refractivity contribution in [1.82, 2.24) is 10.1 Å². The summed E-state index contributed by atoms with van der Waals surface area (Å²) < 4.78 is 5.22. The summed E-state index contributed by atoms with van der Waals surface area (Å²) >= 11 is 1.66. The molecule has 1 atom stereocenters. The lowest BCUT2D eigenvalue weighted by molar-refractivity contribution is -0.133. The number of likely N-dealkylation sites (tertiary alicyclic amines) is 1. The van der Waals surface area contributed by atoms with E-state index in [9.17, 15) is 4.79 Å². The molecular weight excluding hydrogens is 296 g/mol. The lowest BCUT2D eigenvalue weighted by Crippen LogP contribution is -2.42. The number of benzene rings is 1. The Kier molecular flexibility index (Phi) is 4.83. The van der Waals surface area contributed by atoms with E-state index in [0.717, 1.165) is 30.8 Å². The van der Waals surface area contributed by atoms with Gasteiger partial charge in [0.2, 0.25) is 5.91 Å². The third kappa shape index (κ3) is 3.71. The molecule has 1 unspecified atom stereocenters. The van der Waals surface area contributed by atoms with Crippen LogP contribution in [-0.4, -0.2) is 27.8 Å². The van der Waals surface area contributed by atoms with Gasteiger partial charge in [-0.15, -0.1) is 11.8 Å². The minimum atomic E-state index is 0.0304. The first kappa shape index (κ1) is 15.2. The molecule has 116 valence electrons. The lowest BCUT2D eigenvalue weighted by atomic mass is 10.1. The fourth-order valence-corrected chi connectivity index (χ4v) is 3.81. The van der Waals surface area contributed by atoms with Crippen molar-refractivity contribution in [3.8, 4) is 0 Å². The summed E-state index contributed by atoms with van der Waals surface area (Å²) in [6.07, 6.45) is 2.01. The highest BCUT2D eigenvalue weighted by atomic mass is 32.2. The number of piperidine rings is 1. The van der Waals surface area contributed by atoms with Crippen molar-refractivity contribution < 1.29 is 9.32 Å². The molecule has 1 aliphatic rings. The summed E-state index contributed by atoms with van der Waals surface area (Å²) in [5, 5.41) is 3.92. The lowest BCUT2D eigenvalue weighted by Gasteiger charge is -2.32. The molecule has 3 rings (SSSR count). The van der Waals surface area contributed by atoms with Gasteiger partial charge in [0.1, 0.15) is 5.76 Å². The van der Waals surface area contributed by atoms with Crippen molar-refractivity contribution in [2.45, 2.75) is 37.3 Å². The number of amides is 1. The molecule has 2 heterocycles. The minimum absolute atomic E-state index is 0.0304. The molecule has 1 aromatic carbocycles. The minimum Gasteiger partial charge on any atom is -0.360 e. The summed E-state index contributed by atoms with van der Waals surface area (Å²) in [6.45, 7) is 3.47. The van der Waals surface area contributed by atoms with Crippen LogP contribution in [0.3, 0.4) is 0 Å². The van der Waals surface area contributed by atoms with Gasteiger partial charge in [-0.1, -0.05) is 35.5 Å². The van der Waals surface area contributed by atoms with Gasteiger partial charge in [0, 0.05) is 19.2 Å². The van der Waals surface area contributed by atoms with Crippen LogP contribution in [0.4, 0.5) is 0 Å². The average molecular weight is 316 g/mol. The average Bonchev–Trinajstić information content (AvgIpc) is 2.95. The van der Waals surface area contributed by atoms with Gasteiger partial charge in [-0.05, 0) is 25.3 Å². The van der Waals surface area contributed by atoms with Crippen LogP contribution >= 0.6 is 11.8 Å². The quantitative estimate of drug-likeness (QED) is 0.848. The molecule has 0 aliphatic carbocycles. The highest BCUT2D eigenvalue weighted by Gasteiger charge is 2.29. The molecule has 1 aliphatic heterocycles. The van der Waals surface area contributed by atoms with E-state index in [1.807, 2.05) is 36.1 Å². The fraction of sp³-hybridized carbons (Fsp3) is 0.412. The van der Waals surface area contributed by atoms with Crippen LogP contribution < -0.4 is 0 Å². The Bertz CT molecular complexity index is 627. The largest absolute Gasteiger partial charge is 0.360 e. The zero-order valence-corrected chi connectivity index (χ0v) is 13.5. The van der Waals surface area contributed by atoms with Gasteiger partial charge < -0.3 is 9.42 Å². The number of rotatable bonds is 5. The van der Waals surface area contributed by atoms with Crippen LogP contribution in [0, 0.1) is 6.92 Å². The first-order valence-corrected chi connectivity index (χ1v) is 8.64. The SMILES string of the molecule is Cc1cc(CSC2CCCN(Cc3ccccc3)C2=O)on1. The first-order chi connectivity index (χ1) is 10.7. The topological polar surface area (TPSA) is 46.3 Å². The second kappa shape index (κ2) is 7.01. The van der Waals surface area contributed by atoms with Crippen LogP contribution in [0.15, 0.2) is 40.9 Å². The number of aromatic nitrogens is 1. The second-order valence-electron chi connectivity index (χ2n) is 5.62. The number of hydrogen-bond acceptors (Lipinski definition) is 4. The van der Waals surface area contributed by atoms with Crippen molar-refractivity contribution in [3.05, 3.63) is 53.4 Å². The molecule has 4 nitrogen and oxygen atoms in total. The third-order valence-corrected chi connectivity index (χ3v) is 5.09. The highest BCUT2D eigenvalue weighted by molar-refractivity contribution is 7.99. The van der Waals surface area contributed by atoms with Crippen molar-refractivity contribution in [2.24, 2.45) is 0 Å². The molecule has 0 spiro atoms. The van der Waals surface area contributed by atoms with E-state index in [1.54, 1.807) is 11.8 Å². The van der Waals surface area contributed by atoms with E-state index in [-0.39, 0.29) is 11.2 Å². The van der Waals surface area contributed by atoms with E-state index in [0.29, 0.717) is 12.3 Å². The number of nitrogens with zero attached hydrogens (tertiary/aromatic N) is 2. The molecule has 0 N–H and O–H groups in total. The second-order valence-corrected chi connectivity index (χ2v) is 6.81. The standard InChI is InChI=1S/C17H20N2O2S/c1-13-10-15(21-18-13)12-22-16-8-5-9-19(17(16)20)11-14-6-3-2-4-7-14/h2-4,6-7,10,16H,5,8-9,11-12H2,1H3. The molecular formula is C17H20N2O2S. The van der Waals surface area contributed by atoms with Gasteiger partial charge in [-0.25, -0.2) is 0 Å². The maximum Gasteiger partial charge on any atom is 0.236 e. The Labute approximate surface area is 134 Å². The summed E-state index contributed by atoms with van der Waals surface area (Å²) in [5.74, 6) is 1.79. The summed E-state index contributed by atoms with van der Waals surface area (Å²) in [6, 6.07) is 12.1. The van der Waals surface area contributed by atoms with Gasteiger partial charge in [-0.3, -0.25) is 4.79 Å². The van der Waals surface area contributed by atoms with Gasteiger partial charge in [0.05, 0.1) is 16.7 Å². The Morgan fingerprint density at radius 1 is 1.36 bits per heavy atom. The molecule has 1 saturated heterocycles. The molecule has 22 heavy (non-hydrogen) atoms. The molecule has 1 fully saturated rings. The molecule has 0 bridgehead atoms. The van der Waals surface area contributed by atoms with Crippen LogP contribution in [-0.2, 0) is 17.1 Å². The zero-order valence-electron chi connectivity index (χ0n) is 12.7. The molecule has 1 aromatic heterocycles. The molecule has 1 amide bonds. The Hall–Kier alpha value is -1.75. The predicted octanol–water partition coefficient (Wildman–Crippen LogP) is 3.41. The third-order valence-electron chi connectivity index (χ3n) is 3.80. The predicted molar refractivity (Wildman–Crippen MR) is 87.4 cm³/mol. The van der Waals surface area contributed by atoms with Gasteiger partial charge in [0.25, 0.3) is 0 Å². The van der Waals surface area contributed by atoms with Crippen molar-refractivity contribution in [3.63, 3.8) is 0 Å². The maximum atomic E-state index is 12.6. The van der Waals surface area contributed by atoms with Crippen LogP contribution in [0.5, 0.6) is 0 Å². The number of aryl methyl sites for hydroxylation is 1. The molecule has 0 radical (unpaired) electrons. The van der Waals surface area contributed by atoms with Crippen molar-refractivity contribution in [2.75, 3.05) is 6.54 Å². The Balaban J connectivity index is 1.57.